The summed E-state index contributed by atoms with van der Waals surface area (Å²) in [5, 5.41) is 0. The van der Waals surface area contributed by atoms with Gasteiger partial charge in [-0.2, -0.15) is 0 Å². The molecule has 0 atom stereocenters. The Labute approximate surface area is 117 Å². The lowest BCUT2D eigenvalue weighted by Crippen LogP contribution is -2.44. The van der Waals surface area contributed by atoms with Crippen LogP contribution in [0.3, 0.4) is 0 Å². The Morgan fingerprint density at radius 2 is 2.20 bits per heavy atom. The van der Waals surface area contributed by atoms with Gasteiger partial charge in [-0.3, -0.25) is 4.99 Å². The van der Waals surface area contributed by atoms with Crippen molar-refractivity contribution in [2.24, 2.45) is 10.7 Å². The molecule has 1 fully saturated rings. The smallest absolute Gasteiger partial charge is 0.191 e. The van der Waals surface area contributed by atoms with Crippen molar-refractivity contribution in [1.29, 1.82) is 0 Å². The summed E-state index contributed by atoms with van der Waals surface area (Å²) in [6.07, 6.45) is 4.83. The molecule has 1 saturated heterocycles. The van der Waals surface area contributed by atoms with E-state index in [9.17, 15) is 0 Å². The van der Waals surface area contributed by atoms with Gasteiger partial charge in [0.25, 0.3) is 0 Å². The molecule has 2 aromatic heterocycles. The van der Waals surface area contributed by atoms with Crippen molar-refractivity contribution in [2.45, 2.75) is 6.42 Å². The molecule has 2 aromatic rings. The molecule has 0 unspecified atom stereocenters. The molecular weight excluding hydrogens is 254 g/mol. The molecule has 0 amide bonds. The van der Waals surface area contributed by atoms with Crippen LogP contribution in [-0.4, -0.2) is 53.1 Å². The number of morpholine rings is 1. The third kappa shape index (κ3) is 2.91. The predicted octanol–water partition coefficient (Wildman–Crippen LogP) is 0.524. The van der Waals surface area contributed by atoms with E-state index in [1.54, 1.807) is 0 Å². The van der Waals surface area contributed by atoms with E-state index in [1.807, 2.05) is 35.0 Å². The third-order valence-corrected chi connectivity index (χ3v) is 3.39. The Bertz CT molecular complexity index is 567. The molecule has 3 heterocycles. The minimum absolute atomic E-state index is 0.608. The summed E-state index contributed by atoms with van der Waals surface area (Å²) >= 11 is 0. The first-order valence-electron chi connectivity index (χ1n) is 6.88. The molecule has 0 spiro atoms. The molecule has 0 aliphatic carbocycles. The van der Waals surface area contributed by atoms with E-state index in [4.69, 9.17) is 10.5 Å². The monoisotopic (exact) mass is 273 g/mol. The van der Waals surface area contributed by atoms with Crippen LogP contribution in [0.25, 0.3) is 5.65 Å². The number of nitrogens with zero attached hydrogens (tertiary/aromatic N) is 4. The van der Waals surface area contributed by atoms with Gasteiger partial charge in [0.05, 0.1) is 18.9 Å². The van der Waals surface area contributed by atoms with Crippen molar-refractivity contribution in [3.05, 3.63) is 36.3 Å². The molecule has 20 heavy (non-hydrogen) atoms. The SMILES string of the molecule is NC(=NCCc1cn2ccccc2n1)N1CCOCC1. The highest BCUT2D eigenvalue weighted by atomic mass is 16.5. The molecule has 0 bridgehead atoms. The Hall–Kier alpha value is -2.08. The van der Waals surface area contributed by atoms with Crippen molar-refractivity contribution in [3.63, 3.8) is 0 Å². The highest BCUT2D eigenvalue weighted by Crippen LogP contribution is 2.05. The molecule has 0 saturated carbocycles. The van der Waals surface area contributed by atoms with Crippen molar-refractivity contribution >= 4 is 11.6 Å². The van der Waals surface area contributed by atoms with Crippen LogP contribution in [0.1, 0.15) is 5.69 Å². The lowest BCUT2D eigenvalue weighted by molar-refractivity contribution is 0.0674. The molecule has 0 radical (unpaired) electrons. The molecule has 1 aliphatic rings. The molecule has 106 valence electrons. The Morgan fingerprint density at radius 1 is 1.35 bits per heavy atom. The third-order valence-electron chi connectivity index (χ3n) is 3.39. The largest absolute Gasteiger partial charge is 0.378 e. The average Bonchev–Trinajstić information content (AvgIpc) is 2.90. The first kappa shape index (κ1) is 12.9. The number of guanidine groups is 1. The molecule has 0 aromatic carbocycles. The minimum Gasteiger partial charge on any atom is -0.378 e. The van der Waals surface area contributed by atoms with Crippen molar-refractivity contribution in [2.75, 3.05) is 32.8 Å². The summed E-state index contributed by atoms with van der Waals surface area (Å²) in [7, 11) is 0. The van der Waals surface area contributed by atoms with Crippen LogP contribution in [-0.2, 0) is 11.2 Å². The van der Waals surface area contributed by atoms with E-state index in [2.05, 4.69) is 14.9 Å². The average molecular weight is 273 g/mol. The van der Waals surface area contributed by atoms with Gasteiger partial charge in [-0.15, -0.1) is 0 Å². The van der Waals surface area contributed by atoms with E-state index in [-0.39, 0.29) is 0 Å². The van der Waals surface area contributed by atoms with E-state index < -0.39 is 0 Å². The van der Waals surface area contributed by atoms with Gasteiger partial charge < -0.3 is 19.8 Å². The van der Waals surface area contributed by atoms with Gasteiger partial charge in [0.15, 0.2) is 5.96 Å². The van der Waals surface area contributed by atoms with Crippen LogP contribution in [0, 0.1) is 0 Å². The predicted molar refractivity (Wildman–Crippen MR) is 77.8 cm³/mol. The van der Waals surface area contributed by atoms with Crippen molar-refractivity contribution < 1.29 is 4.74 Å². The number of imidazole rings is 1. The zero-order chi connectivity index (χ0) is 13.8. The summed E-state index contributed by atoms with van der Waals surface area (Å²) in [5.41, 5.74) is 7.98. The van der Waals surface area contributed by atoms with Gasteiger partial charge in [0, 0.05) is 38.4 Å². The minimum atomic E-state index is 0.608. The summed E-state index contributed by atoms with van der Waals surface area (Å²) < 4.78 is 7.31. The summed E-state index contributed by atoms with van der Waals surface area (Å²) in [5.74, 6) is 0.608. The van der Waals surface area contributed by atoms with Gasteiger partial charge in [0.2, 0.25) is 0 Å². The number of aromatic nitrogens is 2. The number of pyridine rings is 1. The number of fused-ring (bicyclic) bond motifs is 1. The second-order valence-electron chi connectivity index (χ2n) is 4.79. The Kier molecular flexibility index (Phi) is 3.83. The van der Waals surface area contributed by atoms with E-state index in [0.717, 1.165) is 44.1 Å². The molecular formula is C14H19N5O. The van der Waals surface area contributed by atoms with Crippen LogP contribution in [0.15, 0.2) is 35.6 Å². The summed E-state index contributed by atoms with van der Waals surface area (Å²) in [6, 6.07) is 5.97. The fraction of sp³-hybridized carbons (Fsp3) is 0.429. The van der Waals surface area contributed by atoms with Gasteiger partial charge >= 0.3 is 0 Å². The topological polar surface area (TPSA) is 68.1 Å². The zero-order valence-corrected chi connectivity index (χ0v) is 11.4. The van der Waals surface area contributed by atoms with Crippen LogP contribution < -0.4 is 5.73 Å². The number of nitrogens with two attached hydrogens (primary N) is 1. The Morgan fingerprint density at radius 3 is 3.00 bits per heavy atom. The van der Waals surface area contributed by atoms with E-state index >= 15 is 0 Å². The second-order valence-corrected chi connectivity index (χ2v) is 4.79. The van der Waals surface area contributed by atoms with Crippen LogP contribution >= 0.6 is 0 Å². The molecule has 2 N–H and O–H groups in total. The maximum atomic E-state index is 5.98. The lowest BCUT2D eigenvalue weighted by Gasteiger charge is -2.27. The quantitative estimate of drug-likeness (QED) is 0.654. The molecule has 3 rings (SSSR count). The van der Waals surface area contributed by atoms with Crippen LogP contribution in [0.2, 0.25) is 0 Å². The second kappa shape index (κ2) is 5.92. The summed E-state index contributed by atoms with van der Waals surface area (Å²) in [4.78, 5) is 11.0. The normalized spacial score (nSPS) is 16.8. The van der Waals surface area contributed by atoms with E-state index in [0.29, 0.717) is 12.5 Å². The van der Waals surface area contributed by atoms with Crippen molar-refractivity contribution in [3.8, 4) is 0 Å². The van der Waals surface area contributed by atoms with Crippen LogP contribution in [0.4, 0.5) is 0 Å². The number of hydrogen-bond acceptors (Lipinski definition) is 3. The Balaban J connectivity index is 1.58. The van der Waals surface area contributed by atoms with Gasteiger partial charge in [-0.1, -0.05) is 6.07 Å². The maximum absolute atomic E-state index is 5.98. The first-order valence-corrected chi connectivity index (χ1v) is 6.88. The highest BCUT2D eigenvalue weighted by Gasteiger charge is 2.11. The lowest BCUT2D eigenvalue weighted by atomic mass is 10.3. The fourth-order valence-corrected chi connectivity index (χ4v) is 2.29. The highest BCUT2D eigenvalue weighted by molar-refractivity contribution is 5.78. The van der Waals surface area contributed by atoms with Crippen molar-refractivity contribution in [1.82, 2.24) is 14.3 Å². The molecule has 6 heteroatoms. The molecule has 1 aliphatic heterocycles. The maximum Gasteiger partial charge on any atom is 0.191 e. The number of aliphatic imine (C=N–C) groups is 1. The van der Waals surface area contributed by atoms with Gasteiger partial charge in [-0.05, 0) is 12.1 Å². The van der Waals surface area contributed by atoms with Crippen LogP contribution in [0.5, 0.6) is 0 Å². The number of hydrogen-bond donors (Lipinski definition) is 1. The zero-order valence-electron chi connectivity index (χ0n) is 11.4. The van der Waals surface area contributed by atoms with Gasteiger partial charge in [0.1, 0.15) is 5.65 Å². The standard InChI is InChI=1S/C14H19N5O/c15-14(18-7-9-20-10-8-18)16-5-4-12-11-19-6-2-1-3-13(19)17-12/h1-3,6,11H,4-5,7-10H2,(H2,15,16). The fourth-order valence-electron chi connectivity index (χ4n) is 2.29. The van der Waals surface area contributed by atoms with E-state index in [1.165, 1.54) is 0 Å². The number of rotatable bonds is 3. The first-order chi connectivity index (χ1) is 9.83. The number of ether oxygens (including phenoxy) is 1. The summed E-state index contributed by atoms with van der Waals surface area (Å²) in [6.45, 7) is 3.76. The van der Waals surface area contributed by atoms with Gasteiger partial charge in [-0.25, -0.2) is 4.98 Å². The molecule has 6 nitrogen and oxygen atoms in total.